The van der Waals surface area contributed by atoms with Crippen LogP contribution in [0.1, 0.15) is 34.1 Å². The van der Waals surface area contributed by atoms with Gasteiger partial charge in [-0.15, -0.1) is 11.3 Å². The van der Waals surface area contributed by atoms with Crippen LogP contribution in [0.4, 0.5) is 5.00 Å². The van der Waals surface area contributed by atoms with E-state index in [1.54, 1.807) is 0 Å². The van der Waals surface area contributed by atoms with E-state index in [0.29, 0.717) is 16.5 Å². The fourth-order valence-corrected chi connectivity index (χ4v) is 4.70. The second-order valence-electron chi connectivity index (χ2n) is 6.36. The largest absolute Gasteiger partial charge is 0.465 e. The van der Waals surface area contributed by atoms with E-state index in [2.05, 4.69) is 17.3 Å². The topological polar surface area (TPSA) is 90.3 Å². The average molecular weight is 430 g/mol. The molecule has 0 bridgehead atoms. The van der Waals surface area contributed by atoms with Gasteiger partial charge >= 0.3 is 5.97 Å². The van der Waals surface area contributed by atoms with Crippen molar-refractivity contribution >= 4 is 51.4 Å². The number of amides is 1. The molecule has 144 valence electrons. The summed E-state index contributed by atoms with van der Waals surface area (Å²) < 4.78 is 5.81. The van der Waals surface area contributed by atoms with Gasteiger partial charge in [0.2, 0.25) is 5.91 Å². The lowest BCUT2D eigenvalue weighted by Crippen LogP contribution is -2.30. The predicted octanol–water partition coefficient (Wildman–Crippen LogP) is 3.16. The first-order valence-corrected chi connectivity index (χ1v) is 9.82. The van der Waals surface area contributed by atoms with Gasteiger partial charge in [0.15, 0.2) is 0 Å². The summed E-state index contributed by atoms with van der Waals surface area (Å²) in [5.74, 6) is -0.467. The lowest BCUT2D eigenvalue weighted by atomic mass is 9.88. The normalized spacial score (nSPS) is 15.9. The first-order valence-electron chi connectivity index (χ1n) is 8.25. The fraction of sp³-hybridized carbons (Fsp3) is 0.412. The molecule has 0 spiro atoms. The van der Waals surface area contributed by atoms with Crippen LogP contribution in [0.15, 0.2) is 11.0 Å². The Morgan fingerprint density at radius 2 is 2.19 bits per heavy atom. The summed E-state index contributed by atoms with van der Waals surface area (Å²) in [6.45, 7) is 1.80. The highest BCUT2D eigenvalue weighted by atomic mass is 35.5. The van der Waals surface area contributed by atoms with Crippen molar-refractivity contribution in [2.45, 2.75) is 32.7 Å². The van der Waals surface area contributed by atoms with Gasteiger partial charge in [0.25, 0.3) is 5.56 Å². The number of methoxy groups -OCH3 is 1. The molecule has 1 amide bonds. The summed E-state index contributed by atoms with van der Waals surface area (Å²) in [7, 11) is 1.31. The zero-order chi connectivity index (χ0) is 19.7. The van der Waals surface area contributed by atoms with Crippen molar-refractivity contribution in [1.29, 1.82) is 0 Å². The molecule has 0 saturated carbocycles. The van der Waals surface area contributed by atoms with Crippen LogP contribution in [0.2, 0.25) is 10.0 Å². The van der Waals surface area contributed by atoms with Crippen LogP contribution in [0.3, 0.4) is 0 Å². The smallest absolute Gasteiger partial charge is 0.341 e. The molecule has 0 fully saturated rings. The number of carbonyl (C=O) groups excluding carboxylic acids is 2. The van der Waals surface area contributed by atoms with E-state index < -0.39 is 17.4 Å². The molecule has 0 radical (unpaired) electrons. The number of rotatable bonds is 4. The molecule has 7 nitrogen and oxygen atoms in total. The van der Waals surface area contributed by atoms with Gasteiger partial charge < -0.3 is 10.1 Å². The summed E-state index contributed by atoms with van der Waals surface area (Å²) in [5, 5.41) is 6.77. The first kappa shape index (κ1) is 19.9. The number of hydrogen-bond acceptors (Lipinski definition) is 6. The van der Waals surface area contributed by atoms with Crippen molar-refractivity contribution in [1.82, 2.24) is 9.78 Å². The Bertz CT molecular complexity index is 970. The number of hydrogen-bond donors (Lipinski definition) is 1. The maximum Gasteiger partial charge on any atom is 0.341 e. The van der Waals surface area contributed by atoms with Gasteiger partial charge in [-0.1, -0.05) is 30.1 Å². The van der Waals surface area contributed by atoms with E-state index in [-0.39, 0.29) is 16.6 Å². The number of ether oxygens (including phenoxy) is 1. The molecule has 0 saturated heterocycles. The summed E-state index contributed by atoms with van der Waals surface area (Å²) in [4.78, 5) is 37.8. The van der Waals surface area contributed by atoms with E-state index in [4.69, 9.17) is 27.9 Å². The Morgan fingerprint density at radius 3 is 2.89 bits per heavy atom. The summed E-state index contributed by atoms with van der Waals surface area (Å²) in [6, 6.07) is 0. The van der Waals surface area contributed by atoms with E-state index in [1.807, 2.05) is 0 Å². The van der Waals surface area contributed by atoms with E-state index in [9.17, 15) is 14.4 Å². The molecule has 2 heterocycles. The second kappa shape index (κ2) is 8.00. The number of thiophene rings is 1. The Balaban J connectivity index is 1.87. The molecule has 1 aliphatic carbocycles. The number of aromatic nitrogens is 2. The van der Waals surface area contributed by atoms with Gasteiger partial charge in [0.05, 0.1) is 23.9 Å². The number of nitrogens with zero attached hydrogens (tertiary/aromatic N) is 2. The van der Waals surface area contributed by atoms with Crippen molar-refractivity contribution in [2.75, 3.05) is 12.4 Å². The molecular formula is C17H17Cl2N3O4S. The zero-order valence-electron chi connectivity index (χ0n) is 14.7. The van der Waals surface area contributed by atoms with Gasteiger partial charge in [-0.25, -0.2) is 9.48 Å². The van der Waals surface area contributed by atoms with Crippen LogP contribution in [-0.4, -0.2) is 28.8 Å². The number of esters is 1. The number of halogens is 2. The minimum absolute atomic E-state index is 0.0198. The molecule has 10 heteroatoms. The van der Waals surface area contributed by atoms with Gasteiger partial charge in [-0.3, -0.25) is 9.59 Å². The highest BCUT2D eigenvalue weighted by Crippen LogP contribution is 2.40. The third-order valence-electron chi connectivity index (χ3n) is 4.39. The van der Waals surface area contributed by atoms with Crippen LogP contribution in [-0.2, 0) is 28.9 Å². The molecule has 1 N–H and O–H groups in total. The molecule has 2 aromatic heterocycles. The highest BCUT2D eigenvalue weighted by Gasteiger charge is 2.29. The Labute approximate surface area is 169 Å². The maximum atomic E-state index is 12.4. The third-order valence-corrected chi connectivity index (χ3v) is 6.31. The van der Waals surface area contributed by atoms with Crippen molar-refractivity contribution in [3.63, 3.8) is 0 Å². The number of nitrogens with one attached hydrogen (secondary N) is 1. The Morgan fingerprint density at radius 1 is 1.44 bits per heavy atom. The molecule has 27 heavy (non-hydrogen) atoms. The van der Waals surface area contributed by atoms with Crippen LogP contribution < -0.4 is 10.9 Å². The molecule has 0 aliphatic heterocycles. The zero-order valence-corrected chi connectivity index (χ0v) is 17.0. The van der Waals surface area contributed by atoms with Gasteiger partial charge in [0.1, 0.15) is 16.6 Å². The summed E-state index contributed by atoms with van der Waals surface area (Å²) >= 11 is 12.9. The van der Waals surface area contributed by atoms with Gasteiger partial charge in [0, 0.05) is 4.88 Å². The predicted molar refractivity (Wildman–Crippen MR) is 104 cm³/mol. The minimum Gasteiger partial charge on any atom is -0.465 e. The number of anilines is 1. The monoisotopic (exact) mass is 429 g/mol. The van der Waals surface area contributed by atoms with Crippen molar-refractivity contribution in [2.24, 2.45) is 5.92 Å². The molecule has 2 aromatic rings. The molecule has 3 rings (SSSR count). The first-order chi connectivity index (χ1) is 12.8. The van der Waals surface area contributed by atoms with Gasteiger partial charge in [-0.2, -0.15) is 5.10 Å². The van der Waals surface area contributed by atoms with Gasteiger partial charge in [-0.05, 0) is 30.7 Å². The third kappa shape index (κ3) is 4.02. The van der Waals surface area contributed by atoms with E-state index in [0.717, 1.165) is 34.4 Å². The Kier molecular flexibility index (Phi) is 5.88. The minimum atomic E-state index is -0.660. The molecule has 1 aliphatic rings. The van der Waals surface area contributed by atoms with E-state index in [1.165, 1.54) is 24.6 Å². The standard InChI is InChI=1S/C17H17Cl2N3O4S/c1-8-3-4-9-11(5-8)27-15(13(9)17(25)26-2)21-12(23)7-22-16(24)14(19)10(18)6-20-22/h6,8H,3-5,7H2,1-2H3,(H,21,23)/t8-/m0/s1. The van der Waals surface area contributed by atoms with Crippen LogP contribution >= 0.6 is 34.5 Å². The lowest BCUT2D eigenvalue weighted by molar-refractivity contribution is -0.117. The van der Waals surface area contributed by atoms with E-state index >= 15 is 0 Å². The second-order valence-corrected chi connectivity index (χ2v) is 8.26. The number of fused-ring (bicyclic) bond motifs is 1. The van der Waals surface area contributed by atoms with Crippen molar-refractivity contribution in [3.05, 3.63) is 42.6 Å². The Hall–Kier alpha value is -1.90. The summed E-state index contributed by atoms with van der Waals surface area (Å²) in [6.07, 6.45) is 3.79. The van der Waals surface area contributed by atoms with Crippen LogP contribution in [0.5, 0.6) is 0 Å². The average Bonchev–Trinajstić information content (AvgIpc) is 2.98. The van der Waals surface area contributed by atoms with Crippen molar-refractivity contribution < 1.29 is 14.3 Å². The summed E-state index contributed by atoms with van der Waals surface area (Å²) in [5.41, 5.74) is 0.670. The molecule has 0 unspecified atom stereocenters. The molecule has 0 aromatic carbocycles. The lowest BCUT2D eigenvalue weighted by Gasteiger charge is -2.18. The molecular weight excluding hydrogens is 413 g/mol. The fourth-order valence-electron chi connectivity index (χ4n) is 3.02. The van der Waals surface area contributed by atoms with Crippen LogP contribution in [0.25, 0.3) is 0 Å². The maximum absolute atomic E-state index is 12.4. The number of carbonyl (C=O) groups is 2. The highest BCUT2D eigenvalue weighted by molar-refractivity contribution is 7.17. The molecule has 1 atom stereocenters. The van der Waals surface area contributed by atoms with Crippen LogP contribution in [0, 0.1) is 5.92 Å². The SMILES string of the molecule is COC(=O)c1c(NC(=O)Cn2ncc(Cl)c(Cl)c2=O)sc2c1CC[C@H](C)C2. The quantitative estimate of drug-likeness (QED) is 0.753. The van der Waals surface area contributed by atoms with Crippen molar-refractivity contribution in [3.8, 4) is 0 Å².